The zero-order valence-corrected chi connectivity index (χ0v) is 14.6. The van der Waals surface area contributed by atoms with Gasteiger partial charge in [-0.2, -0.15) is 0 Å². The summed E-state index contributed by atoms with van der Waals surface area (Å²) in [7, 11) is 0. The summed E-state index contributed by atoms with van der Waals surface area (Å²) in [6, 6.07) is 1.41. The van der Waals surface area contributed by atoms with E-state index < -0.39 is 23.7 Å². The van der Waals surface area contributed by atoms with Gasteiger partial charge in [-0.1, -0.05) is 12.8 Å². The van der Waals surface area contributed by atoms with Crippen molar-refractivity contribution in [1.82, 2.24) is 0 Å². The number of alkyl halides is 2. The minimum atomic E-state index is -3.01. The van der Waals surface area contributed by atoms with Crippen LogP contribution in [0.3, 0.4) is 0 Å². The quantitative estimate of drug-likeness (QED) is 0.640. The van der Waals surface area contributed by atoms with E-state index in [1.54, 1.807) is 0 Å². The SMILES string of the molecule is O=C(O)CC1(CC(F)(F)c2cc(Br)sc2Br)CCCC1. The summed E-state index contributed by atoms with van der Waals surface area (Å²) in [5, 5.41) is 9.01. The van der Waals surface area contributed by atoms with Gasteiger partial charge in [0.1, 0.15) is 0 Å². The Morgan fingerprint density at radius 3 is 2.45 bits per heavy atom. The molecule has 0 amide bonds. The topological polar surface area (TPSA) is 37.3 Å². The Kier molecular flexibility index (Phi) is 4.91. The summed E-state index contributed by atoms with van der Waals surface area (Å²) in [5.41, 5.74) is -0.825. The first kappa shape index (κ1) is 16.4. The molecule has 0 radical (unpaired) electrons. The number of carbonyl (C=O) groups is 1. The highest BCUT2D eigenvalue weighted by Crippen LogP contribution is 2.53. The van der Waals surface area contributed by atoms with Crippen LogP contribution >= 0.6 is 43.2 Å². The van der Waals surface area contributed by atoms with E-state index in [9.17, 15) is 13.6 Å². The fourth-order valence-electron chi connectivity index (χ4n) is 3.02. The average molecular weight is 432 g/mol. The number of halogens is 4. The Hall–Kier alpha value is -0.0100. The molecule has 1 saturated carbocycles. The molecule has 0 saturated heterocycles. The van der Waals surface area contributed by atoms with E-state index in [1.807, 2.05) is 0 Å². The molecular formula is C13H14Br2F2O2S. The highest BCUT2D eigenvalue weighted by Gasteiger charge is 2.47. The van der Waals surface area contributed by atoms with Gasteiger partial charge in [-0.3, -0.25) is 4.79 Å². The Morgan fingerprint density at radius 1 is 1.40 bits per heavy atom. The number of carboxylic acid groups (broad SMARTS) is 1. The summed E-state index contributed by atoms with van der Waals surface area (Å²) < 4.78 is 30.1. The van der Waals surface area contributed by atoms with Gasteiger partial charge in [0.2, 0.25) is 0 Å². The molecule has 112 valence electrons. The minimum absolute atomic E-state index is 0.0500. The van der Waals surface area contributed by atoms with E-state index in [-0.39, 0.29) is 12.0 Å². The lowest BCUT2D eigenvalue weighted by Gasteiger charge is -2.31. The normalized spacial score (nSPS) is 18.4. The van der Waals surface area contributed by atoms with Crippen molar-refractivity contribution in [3.63, 3.8) is 0 Å². The van der Waals surface area contributed by atoms with Crippen molar-refractivity contribution in [2.45, 2.75) is 44.4 Å². The predicted octanol–water partition coefficient (Wildman–Crippen LogP) is 5.79. The van der Waals surface area contributed by atoms with Crippen molar-refractivity contribution < 1.29 is 18.7 Å². The predicted molar refractivity (Wildman–Crippen MR) is 81.4 cm³/mol. The maximum Gasteiger partial charge on any atom is 0.303 e. The van der Waals surface area contributed by atoms with Crippen molar-refractivity contribution in [3.05, 3.63) is 19.2 Å². The fourth-order valence-corrected chi connectivity index (χ4v) is 5.98. The van der Waals surface area contributed by atoms with Crippen LogP contribution < -0.4 is 0 Å². The van der Waals surface area contributed by atoms with Gasteiger partial charge in [0.25, 0.3) is 5.92 Å². The van der Waals surface area contributed by atoms with Crippen molar-refractivity contribution in [2.24, 2.45) is 5.41 Å². The number of carboxylic acids is 1. The molecule has 0 bridgehead atoms. The molecular weight excluding hydrogens is 418 g/mol. The van der Waals surface area contributed by atoms with Crippen LogP contribution in [0.1, 0.15) is 44.1 Å². The van der Waals surface area contributed by atoms with Crippen LogP contribution in [0.4, 0.5) is 8.78 Å². The third-order valence-electron chi connectivity index (χ3n) is 3.84. The lowest BCUT2D eigenvalue weighted by molar-refractivity contribution is -0.141. The first-order chi connectivity index (χ1) is 9.24. The minimum Gasteiger partial charge on any atom is -0.481 e. The van der Waals surface area contributed by atoms with Gasteiger partial charge in [0, 0.05) is 12.0 Å². The van der Waals surface area contributed by atoms with E-state index >= 15 is 0 Å². The number of thiophene rings is 1. The van der Waals surface area contributed by atoms with Crippen LogP contribution in [-0.2, 0) is 10.7 Å². The van der Waals surface area contributed by atoms with Crippen LogP contribution in [0.15, 0.2) is 13.6 Å². The molecule has 1 fully saturated rings. The molecule has 2 nitrogen and oxygen atoms in total. The molecule has 0 atom stereocenters. The number of aliphatic carboxylic acids is 1. The highest BCUT2D eigenvalue weighted by atomic mass is 79.9. The molecule has 1 aliphatic carbocycles. The standard InChI is InChI=1S/C13H14Br2F2O2S/c14-9-5-8(11(15)20-9)13(16,17)7-12(6-10(18)19)3-1-2-4-12/h5H,1-4,6-7H2,(H,18,19). The number of hydrogen-bond donors (Lipinski definition) is 1. The molecule has 1 aliphatic rings. The zero-order valence-electron chi connectivity index (χ0n) is 10.6. The van der Waals surface area contributed by atoms with Gasteiger partial charge in [-0.15, -0.1) is 11.3 Å². The van der Waals surface area contributed by atoms with E-state index in [0.717, 1.165) is 12.8 Å². The molecule has 1 aromatic rings. The summed E-state index contributed by atoms with van der Waals surface area (Å²) in [6.07, 6.45) is 2.23. The molecule has 20 heavy (non-hydrogen) atoms. The summed E-state index contributed by atoms with van der Waals surface area (Å²) in [4.78, 5) is 11.0. The lowest BCUT2D eigenvalue weighted by atomic mass is 9.76. The first-order valence-corrected chi connectivity index (χ1v) is 8.69. The van der Waals surface area contributed by atoms with Gasteiger partial charge >= 0.3 is 5.97 Å². The average Bonchev–Trinajstić information content (AvgIpc) is 2.84. The lowest BCUT2D eigenvalue weighted by Crippen LogP contribution is -2.29. The third-order valence-corrected chi connectivity index (χ3v) is 6.18. The second kappa shape index (κ2) is 6.01. The van der Waals surface area contributed by atoms with Gasteiger partial charge in [0.15, 0.2) is 0 Å². The maximum atomic E-state index is 14.5. The second-order valence-corrected chi connectivity index (χ2v) is 9.15. The fraction of sp³-hybridized carbons (Fsp3) is 0.615. The monoisotopic (exact) mass is 430 g/mol. The number of rotatable bonds is 5. The van der Waals surface area contributed by atoms with E-state index in [2.05, 4.69) is 31.9 Å². The van der Waals surface area contributed by atoms with E-state index in [0.29, 0.717) is 20.4 Å². The molecule has 1 N–H and O–H groups in total. The Morgan fingerprint density at radius 2 is 2.00 bits per heavy atom. The van der Waals surface area contributed by atoms with Crippen LogP contribution in [0, 0.1) is 5.41 Å². The second-order valence-electron chi connectivity index (χ2n) is 5.40. The van der Waals surface area contributed by atoms with Crippen LogP contribution in [0.5, 0.6) is 0 Å². The van der Waals surface area contributed by atoms with Gasteiger partial charge in [-0.25, -0.2) is 8.78 Å². The molecule has 0 unspecified atom stereocenters. The third kappa shape index (κ3) is 3.60. The van der Waals surface area contributed by atoms with Crippen LogP contribution in [0.2, 0.25) is 0 Å². The largest absolute Gasteiger partial charge is 0.481 e. The smallest absolute Gasteiger partial charge is 0.303 e. The van der Waals surface area contributed by atoms with Crippen LogP contribution in [0.25, 0.3) is 0 Å². The maximum absolute atomic E-state index is 14.5. The Labute approximate surface area is 136 Å². The molecule has 1 aromatic heterocycles. The van der Waals surface area contributed by atoms with Crippen molar-refractivity contribution in [2.75, 3.05) is 0 Å². The van der Waals surface area contributed by atoms with Crippen molar-refractivity contribution in [3.8, 4) is 0 Å². The zero-order chi connectivity index (χ0) is 15.0. The van der Waals surface area contributed by atoms with Crippen LogP contribution in [-0.4, -0.2) is 11.1 Å². The van der Waals surface area contributed by atoms with E-state index in [4.69, 9.17) is 5.11 Å². The molecule has 2 rings (SSSR count). The molecule has 0 aromatic carbocycles. The summed E-state index contributed by atoms with van der Waals surface area (Å²) >= 11 is 7.57. The molecule has 1 heterocycles. The molecule has 0 aliphatic heterocycles. The van der Waals surface area contributed by atoms with Crippen molar-refractivity contribution in [1.29, 1.82) is 0 Å². The van der Waals surface area contributed by atoms with Gasteiger partial charge in [0.05, 0.1) is 14.0 Å². The van der Waals surface area contributed by atoms with E-state index in [1.165, 1.54) is 17.4 Å². The Bertz CT molecular complexity index is 510. The highest BCUT2D eigenvalue weighted by molar-refractivity contribution is 9.12. The van der Waals surface area contributed by atoms with Gasteiger partial charge in [-0.05, 0) is 56.2 Å². The summed E-state index contributed by atoms with van der Waals surface area (Å²) in [5.74, 6) is -4.01. The van der Waals surface area contributed by atoms with Crippen molar-refractivity contribution >= 4 is 49.2 Å². The first-order valence-electron chi connectivity index (χ1n) is 6.29. The Balaban J connectivity index is 2.25. The summed E-state index contributed by atoms with van der Waals surface area (Å²) in [6.45, 7) is 0. The molecule has 0 spiro atoms. The molecule has 7 heteroatoms. The number of hydrogen-bond acceptors (Lipinski definition) is 2. The van der Waals surface area contributed by atoms with Gasteiger partial charge < -0.3 is 5.11 Å².